The minimum absolute atomic E-state index is 0.156. The molecular formula is C23H28F2N2O4. The van der Waals surface area contributed by atoms with Crippen LogP contribution in [0.15, 0.2) is 30.5 Å². The summed E-state index contributed by atoms with van der Waals surface area (Å²) in [6.45, 7) is 7.37. The highest BCUT2D eigenvalue weighted by Crippen LogP contribution is 2.45. The molecule has 0 radical (unpaired) electrons. The van der Waals surface area contributed by atoms with Gasteiger partial charge in [0.05, 0.1) is 35.9 Å². The Morgan fingerprint density at radius 1 is 1.32 bits per heavy atom. The predicted molar refractivity (Wildman–Crippen MR) is 112 cm³/mol. The second kappa shape index (κ2) is 9.28. The predicted octanol–water partition coefficient (Wildman–Crippen LogP) is 4.49. The second-order valence-corrected chi connectivity index (χ2v) is 8.21. The number of benzene rings is 1. The topological polar surface area (TPSA) is 80.7 Å². The monoisotopic (exact) mass is 434 g/mol. The van der Waals surface area contributed by atoms with Gasteiger partial charge < -0.3 is 19.9 Å². The fourth-order valence-corrected chi connectivity index (χ4v) is 3.85. The Bertz CT molecular complexity index is 934. The standard InChI is InChI=1S/C23H28F2N2O4/c1-5-18(28)17-10-7-13(12-26-17)27-22(29)21-15(11-23(3,4)31-21)14-8-9-16(24)19(25)20(14)30-6-2/h7-10,12,15,18,21,28H,5-6,11H2,1-4H3,(H,27,29)/t15-,18-,21+/m1/s1. The molecule has 0 spiro atoms. The van der Waals surface area contributed by atoms with E-state index in [1.54, 1.807) is 19.1 Å². The van der Waals surface area contributed by atoms with Crippen LogP contribution in [-0.2, 0) is 9.53 Å². The van der Waals surface area contributed by atoms with Gasteiger partial charge in [-0.3, -0.25) is 9.78 Å². The lowest BCUT2D eigenvalue weighted by Crippen LogP contribution is -2.33. The molecule has 2 heterocycles. The minimum Gasteiger partial charge on any atom is -0.490 e. The second-order valence-electron chi connectivity index (χ2n) is 8.21. The quantitative estimate of drug-likeness (QED) is 0.671. The number of amides is 1. The maximum absolute atomic E-state index is 14.4. The Labute approximate surface area is 180 Å². The number of hydrogen-bond donors (Lipinski definition) is 2. The highest BCUT2D eigenvalue weighted by Gasteiger charge is 2.46. The zero-order valence-electron chi connectivity index (χ0n) is 18.1. The zero-order valence-corrected chi connectivity index (χ0v) is 18.1. The Kier molecular flexibility index (Phi) is 6.91. The Balaban J connectivity index is 1.87. The summed E-state index contributed by atoms with van der Waals surface area (Å²) in [5.74, 6) is -3.22. The van der Waals surface area contributed by atoms with Gasteiger partial charge in [0.2, 0.25) is 5.82 Å². The number of pyridine rings is 1. The molecule has 1 aromatic heterocycles. The van der Waals surface area contributed by atoms with Crippen molar-refractivity contribution < 1.29 is 28.2 Å². The Morgan fingerprint density at radius 3 is 2.68 bits per heavy atom. The van der Waals surface area contributed by atoms with Gasteiger partial charge in [-0.05, 0) is 51.8 Å². The van der Waals surface area contributed by atoms with E-state index in [2.05, 4.69) is 10.3 Å². The third-order valence-electron chi connectivity index (χ3n) is 5.33. The fraction of sp³-hybridized carbons (Fsp3) is 0.478. The van der Waals surface area contributed by atoms with Gasteiger partial charge in [-0.2, -0.15) is 4.39 Å². The van der Waals surface area contributed by atoms with E-state index >= 15 is 0 Å². The summed E-state index contributed by atoms with van der Waals surface area (Å²) in [5.41, 5.74) is 0.708. The average molecular weight is 434 g/mol. The molecule has 3 atom stereocenters. The summed E-state index contributed by atoms with van der Waals surface area (Å²) in [6.07, 6.45) is 0.820. The van der Waals surface area contributed by atoms with Crippen LogP contribution < -0.4 is 10.1 Å². The van der Waals surface area contributed by atoms with Crippen molar-refractivity contribution in [1.82, 2.24) is 4.98 Å². The van der Waals surface area contributed by atoms with E-state index in [1.165, 1.54) is 12.3 Å². The molecule has 0 unspecified atom stereocenters. The molecule has 8 heteroatoms. The molecule has 168 valence electrons. The number of anilines is 1. The molecule has 3 rings (SSSR count). The van der Waals surface area contributed by atoms with Gasteiger partial charge in [-0.25, -0.2) is 4.39 Å². The van der Waals surface area contributed by atoms with Gasteiger partial charge >= 0.3 is 0 Å². The lowest BCUT2D eigenvalue weighted by Gasteiger charge is -2.21. The van der Waals surface area contributed by atoms with Crippen LogP contribution in [0.5, 0.6) is 5.75 Å². The number of rotatable bonds is 7. The zero-order chi connectivity index (χ0) is 22.8. The van der Waals surface area contributed by atoms with Crippen molar-refractivity contribution in [2.45, 2.75) is 64.3 Å². The number of carbonyl (C=O) groups is 1. The first kappa shape index (κ1) is 23.1. The van der Waals surface area contributed by atoms with E-state index in [0.717, 1.165) is 6.07 Å². The van der Waals surface area contributed by atoms with Crippen LogP contribution in [0.25, 0.3) is 0 Å². The summed E-state index contributed by atoms with van der Waals surface area (Å²) in [7, 11) is 0. The van der Waals surface area contributed by atoms with Gasteiger partial charge in [-0.1, -0.05) is 13.0 Å². The van der Waals surface area contributed by atoms with Crippen molar-refractivity contribution in [3.8, 4) is 5.75 Å². The number of aromatic nitrogens is 1. The van der Waals surface area contributed by atoms with Crippen LogP contribution in [0.2, 0.25) is 0 Å². The molecular weight excluding hydrogens is 406 g/mol. The van der Waals surface area contributed by atoms with Gasteiger partial charge in [-0.15, -0.1) is 0 Å². The van der Waals surface area contributed by atoms with E-state index in [1.807, 2.05) is 20.8 Å². The summed E-state index contributed by atoms with van der Waals surface area (Å²) in [4.78, 5) is 17.2. The van der Waals surface area contributed by atoms with Crippen LogP contribution in [0, 0.1) is 11.6 Å². The molecule has 1 amide bonds. The highest BCUT2D eigenvalue weighted by molar-refractivity contribution is 5.95. The molecule has 0 saturated carbocycles. The molecule has 1 aromatic carbocycles. The summed E-state index contributed by atoms with van der Waals surface area (Å²) in [6, 6.07) is 5.78. The number of halogens is 2. The molecule has 1 aliphatic heterocycles. The number of aliphatic hydroxyl groups excluding tert-OH is 1. The largest absolute Gasteiger partial charge is 0.490 e. The lowest BCUT2D eigenvalue weighted by molar-refractivity contribution is -0.130. The number of ether oxygens (including phenoxy) is 2. The smallest absolute Gasteiger partial charge is 0.254 e. The normalized spacial score (nSPS) is 21.0. The first-order valence-corrected chi connectivity index (χ1v) is 10.4. The molecule has 1 saturated heterocycles. The third-order valence-corrected chi connectivity index (χ3v) is 5.33. The van der Waals surface area contributed by atoms with Crippen LogP contribution in [-0.4, -0.2) is 34.3 Å². The summed E-state index contributed by atoms with van der Waals surface area (Å²) >= 11 is 0. The van der Waals surface area contributed by atoms with Crippen molar-refractivity contribution in [1.29, 1.82) is 0 Å². The van der Waals surface area contributed by atoms with Crippen LogP contribution in [0.1, 0.15) is 63.8 Å². The van der Waals surface area contributed by atoms with Crippen LogP contribution >= 0.6 is 0 Å². The van der Waals surface area contributed by atoms with E-state index in [4.69, 9.17) is 9.47 Å². The Morgan fingerprint density at radius 2 is 2.06 bits per heavy atom. The van der Waals surface area contributed by atoms with Crippen molar-refractivity contribution >= 4 is 11.6 Å². The number of hydrogen-bond acceptors (Lipinski definition) is 5. The van der Waals surface area contributed by atoms with Crippen molar-refractivity contribution in [3.05, 3.63) is 53.4 Å². The molecule has 1 fully saturated rings. The molecule has 1 aliphatic rings. The first-order chi connectivity index (χ1) is 14.7. The molecule has 31 heavy (non-hydrogen) atoms. The van der Waals surface area contributed by atoms with E-state index < -0.39 is 41.3 Å². The fourth-order valence-electron chi connectivity index (χ4n) is 3.85. The lowest BCUT2D eigenvalue weighted by atomic mass is 9.86. The van der Waals surface area contributed by atoms with Gasteiger partial charge in [0.1, 0.15) is 6.10 Å². The number of nitrogens with one attached hydrogen (secondary N) is 1. The molecule has 0 bridgehead atoms. The van der Waals surface area contributed by atoms with Gasteiger partial charge in [0.15, 0.2) is 11.6 Å². The van der Waals surface area contributed by atoms with Gasteiger partial charge in [0, 0.05) is 11.5 Å². The summed E-state index contributed by atoms with van der Waals surface area (Å²) < 4.78 is 39.6. The SMILES string of the molecule is CCOc1c([C@H]2CC(C)(C)O[C@@H]2C(=O)Nc2ccc([C@H](O)CC)nc2)ccc(F)c1F. The van der Waals surface area contributed by atoms with Crippen LogP contribution in [0.4, 0.5) is 14.5 Å². The number of aliphatic hydroxyl groups is 1. The number of nitrogens with zero attached hydrogens (tertiary/aromatic N) is 1. The van der Waals surface area contributed by atoms with E-state index in [0.29, 0.717) is 29.8 Å². The molecule has 2 N–H and O–H groups in total. The molecule has 6 nitrogen and oxygen atoms in total. The van der Waals surface area contributed by atoms with Gasteiger partial charge in [0.25, 0.3) is 5.91 Å². The highest BCUT2D eigenvalue weighted by atomic mass is 19.2. The minimum atomic E-state index is -1.07. The van der Waals surface area contributed by atoms with E-state index in [9.17, 15) is 18.7 Å². The maximum Gasteiger partial charge on any atom is 0.254 e. The van der Waals surface area contributed by atoms with Crippen LogP contribution in [0.3, 0.4) is 0 Å². The van der Waals surface area contributed by atoms with E-state index in [-0.39, 0.29) is 12.4 Å². The van der Waals surface area contributed by atoms with Crippen molar-refractivity contribution in [3.63, 3.8) is 0 Å². The number of carbonyl (C=O) groups excluding carboxylic acids is 1. The Hall–Kier alpha value is -2.58. The maximum atomic E-state index is 14.4. The molecule has 0 aliphatic carbocycles. The first-order valence-electron chi connectivity index (χ1n) is 10.4. The summed E-state index contributed by atoms with van der Waals surface area (Å²) in [5, 5.41) is 12.6. The van der Waals surface area contributed by atoms with Crippen molar-refractivity contribution in [2.75, 3.05) is 11.9 Å². The van der Waals surface area contributed by atoms with Crippen molar-refractivity contribution in [2.24, 2.45) is 0 Å². The average Bonchev–Trinajstić information content (AvgIpc) is 3.07. The molecule has 2 aromatic rings. The third kappa shape index (κ3) is 5.02.